The Morgan fingerprint density at radius 2 is 2.13 bits per heavy atom. The number of carbonyl (C=O) groups excluding carboxylic acids is 1. The van der Waals surface area contributed by atoms with Gasteiger partial charge in [0.1, 0.15) is 0 Å². The maximum Gasteiger partial charge on any atom is 0.241 e. The van der Waals surface area contributed by atoms with Crippen LogP contribution in [0.4, 0.5) is 5.69 Å². The van der Waals surface area contributed by atoms with Crippen LogP contribution in [-0.4, -0.2) is 44.0 Å². The molecule has 1 saturated heterocycles. The van der Waals surface area contributed by atoms with Crippen molar-refractivity contribution in [1.82, 2.24) is 5.32 Å². The number of sulfone groups is 1. The minimum atomic E-state index is -2.97. The van der Waals surface area contributed by atoms with E-state index in [0.29, 0.717) is 6.42 Å². The summed E-state index contributed by atoms with van der Waals surface area (Å²) in [6.07, 6.45) is 2.51. The SMILES string of the molecule is CC1CCc2ccccc2N1C(=O)CNC1(C)CCS(=O)(=O)C1. The molecule has 1 aromatic rings. The van der Waals surface area contributed by atoms with Crippen molar-refractivity contribution in [3.05, 3.63) is 29.8 Å². The number of anilines is 1. The molecule has 0 saturated carbocycles. The molecule has 0 bridgehead atoms. The topological polar surface area (TPSA) is 66.5 Å². The van der Waals surface area contributed by atoms with Crippen molar-refractivity contribution in [3.8, 4) is 0 Å². The number of nitrogens with zero attached hydrogens (tertiary/aromatic N) is 1. The second kappa shape index (κ2) is 5.91. The minimum absolute atomic E-state index is 0.00942. The Balaban J connectivity index is 1.71. The predicted octanol–water partition coefficient (Wildman–Crippen LogP) is 1.52. The highest BCUT2D eigenvalue weighted by atomic mass is 32.2. The molecular formula is C17H24N2O3S. The number of aryl methyl sites for hydroxylation is 1. The molecule has 1 N–H and O–H groups in total. The van der Waals surface area contributed by atoms with Gasteiger partial charge >= 0.3 is 0 Å². The van der Waals surface area contributed by atoms with Gasteiger partial charge in [-0.25, -0.2) is 8.42 Å². The standard InChI is InChI=1S/C17H24N2O3S/c1-13-7-8-14-5-3-4-6-15(14)19(13)16(20)11-18-17(2)9-10-23(21,22)12-17/h3-6,13,18H,7-12H2,1-2H3. The van der Waals surface area contributed by atoms with Crippen LogP contribution in [-0.2, 0) is 21.1 Å². The normalized spacial score (nSPS) is 29.3. The van der Waals surface area contributed by atoms with Gasteiger partial charge in [0.15, 0.2) is 9.84 Å². The first-order valence-electron chi connectivity index (χ1n) is 8.15. The van der Waals surface area contributed by atoms with E-state index in [2.05, 4.69) is 18.3 Å². The summed E-state index contributed by atoms with van der Waals surface area (Å²) in [5, 5.41) is 3.19. The van der Waals surface area contributed by atoms with E-state index in [-0.39, 0.29) is 30.0 Å². The number of fused-ring (bicyclic) bond motifs is 1. The molecule has 2 unspecified atom stereocenters. The van der Waals surface area contributed by atoms with Crippen molar-refractivity contribution >= 4 is 21.4 Å². The molecule has 1 aromatic carbocycles. The van der Waals surface area contributed by atoms with Crippen LogP contribution in [0.5, 0.6) is 0 Å². The quantitative estimate of drug-likeness (QED) is 0.909. The van der Waals surface area contributed by atoms with E-state index < -0.39 is 15.4 Å². The molecule has 5 nitrogen and oxygen atoms in total. The molecule has 2 aliphatic heterocycles. The molecule has 126 valence electrons. The van der Waals surface area contributed by atoms with E-state index >= 15 is 0 Å². The van der Waals surface area contributed by atoms with E-state index in [1.165, 1.54) is 5.56 Å². The number of nitrogens with one attached hydrogen (secondary N) is 1. The second-order valence-corrected chi connectivity index (χ2v) is 9.22. The van der Waals surface area contributed by atoms with Gasteiger partial charge in [-0.1, -0.05) is 18.2 Å². The summed E-state index contributed by atoms with van der Waals surface area (Å²) in [4.78, 5) is 14.6. The molecule has 1 fully saturated rings. The lowest BCUT2D eigenvalue weighted by Crippen LogP contribution is -2.51. The van der Waals surface area contributed by atoms with Gasteiger partial charge in [0.25, 0.3) is 0 Å². The van der Waals surface area contributed by atoms with Crippen LogP contribution in [0.2, 0.25) is 0 Å². The Morgan fingerprint density at radius 1 is 1.39 bits per heavy atom. The Labute approximate surface area is 138 Å². The van der Waals surface area contributed by atoms with Crippen molar-refractivity contribution < 1.29 is 13.2 Å². The maximum absolute atomic E-state index is 12.7. The van der Waals surface area contributed by atoms with Crippen molar-refractivity contribution in [2.75, 3.05) is 23.0 Å². The van der Waals surface area contributed by atoms with Crippen LogP contribution < -0.4 is 10.2 Å². The minimum Gasteiger partial charge on any atom is -0.308 e. The average molecular weight is 336 g/mol. The number of para-hydroxylation sites is 1. The number of hydrogen-bond donors (Lipinski definition) is 1. The third-order valence-electron chi connectivity index (χ3n) is 4.96. The second-order valence-electron chi connectivity index (χ2n) is 7.04. The highest BCUT2D eigenvalue weighted by Crippen LogP contribution is 2.30. The van der Waals surface area contributed by atoms with Gasteiger partial charge < -0.3 is 10.2 Å². The van der Waals surface area contributed by atoms with Gasteiger partial charge in [0.2, 0.25) is 5.91 Å². The number of benzene rings is 1. The zero-order valence-electron chi connectivity index (χ0n) is 13.7. The van der Waals surface area contributed by atoms with E-state index in [1.807, 2.05) is 30.0 Å². The lowest BCUT2D eigenvalue weighted by Gasteiger charge is -2.36. The Bertz CT molecular complexity index is 716. The summed E-state index contributed by atoms with van der Waals surface area (Å²) in [6, 6.07) is 8.18. The summed E-state index contributed by atoms with van der Waals surface area (Å²) in [5.41, 5.74) is 1.70. The Hall–Kier alpha value is -1.40. The van der Waals surface area contributed by atoms with Crippen molar-refractivity contribution in [2.24, 2.45) is 0 Å². The molecule has 0 aromatic heterocycles. The lowest BCUT2D eigenvalue weighted by atomic mass is 9.96. The first kappa shape index (κ1) is 16.5. The molecule has 6 heteroatoms. The molecule has 2 atom stereocenters. The molecule has 23 heavy (non-hydrogen) atoms. The highest BCUT2D eigenvalue weighted by molar-refractivity contribution is 7.91. The van der Waals surface area contributed by atoms with Crippen LogP contribution >= 0.6 is 0 Å². The van der Waals surface area contributed by atoms with Crippen molar-refractivity contribution in [1.29, 1.82) is 0 Å². The van der Waals surface area contributed by atoms with Gasteiger partial charge in [-0.15, -0.1) is 0 Å². The summed E-state index contributed by atoms with van der Waals surface area (Å²) in [5.74, 6) is 0.322. The predicted molar refractivity (Wildman–Crippen MR) is 91.4 cm³/mol. The molecule has 1 amide bonds. The third kappa shape index (κ3) is 3.43. The van der Waals surface area contributed by atoms with Gasteiger partial charge in [-0.3, -0.25) is 4.79 Å². The fourth-order valence-corrected chi connectivity index (χ4v) is 5.72. The Kier molecular flexibility index (Phi) is 4.23. The highest BCUT2D eigenvalue weighted by Gasteiger charge is 2.39. The Morgan fingerprint density at radius 3 is 2.83 bits per heavy atom. The monoisotopic (exact) mass is 336 g/mol. The first-order chi connectivity index (χ1) is 10.8. The number of amides is 1. The van der Waals surface area contributed by atoms with Crippen LogP contribution in [0.25, 0.3) is 0 Å². The van der Waals surface area contributed by atoms with Crippen LogP contribution in [0.15, 0.2) is 24.3 Å². The maximum atomic E-state index is 12.7. The molecule has 0 spiro atoms. The van der Waals surface area contributed by atoms with Gasteiger partial charge in [0, 0.05) is 17.3 Å². The van der Waals surface area contributed by atoms with Crippen molar-refractivity contribution in [3.63, 3.8) is 0 Å². The van der Waals surface area contributed by atoms with Crippen LogP contribution in [0, 0.1) is 0 Å². The van der Waals surface area contributed by atoms with E-state index in [1.54, 1.807) is 0 Å². The number of carbonyl (C=O) groups is 1. The van der Waals surface area contributed by atoms with Crippen LogP contribution in [0.3, 0.4) is 0 Å². The summed E-state index contributed by atoms with van der Waals surface area (Å²) < 4.78 is 23.3. The fraction of sp³-hybridized carbons (Fsp3) is 0.588. The van der Waals surface area contributed by atoms with E-state index in [4.69, 9.17) is 0 Å². The molecular weight excluding hydrogens is 312 g/mol. The third-order valence-corrected chi connectivity index (χ3v) is 6.86. The molecule has 0 radical (unpaired) electrons. The van der Waals surface area contributed by atoms with Crippen LogP contribution in [0.1, 0.15) is 32.3 Å². The molecule has 2 heterocycles. The number of rotatable bonds is 3. The summed E-state index contributed by atoms with van der Waals surface area (Å²) in [7, 11) is -2.97. The zero-order chi connectivity index (χ0) is 16.7. The lowest BCUT2D eigenvalue weighted by molar-refractivity contribution is -0.118. The molecule has 3 rings (SSSR count). The molecule has 2 aliphatic rings. The summed E-state index contributed by atoms with van der Waals surface area (Å²) >= 11 is 0. The largest absolute Gasteiger partial charge is 0.308 e. The van der Waals surface area contributed by atoms with E-state index in [9.17, 15) is 13.2 Å². The van der Waals surface area contributed by atoms with Gasteiger partial charge in [-0.05, 0) is 44.7 Å². The van der Waals surface area contributed by atoms with Gasteiger partial charge in [-0.2, -0.15) is 0 Å². The van der Waals surface area contributed by atoms with E-state index in [0.717, 1.165) is 18.5 Å². The number of hydrogen-bond acceptors (Lipinski definition) is 4. The zero-order valence-corrected chi connectivity index (χ0v) is 14.5. The summed E-state index contributed by atoms with van der Waals surface area (Å²) in [6.45, 7) is 4.12. The smallest absolute Gasteiger partial charge is 0.241 e. The fourth-order valence-electron chi connectivity index (χ4n) is 3.59. The molecule has 0 aliphatic carbocycles. The van der Waals surface area contributed by atoms with Crippen molar-refractivity contribution in [2.45, 2.75) is 44.7 Å². The first-order valence-corrected chi connectivity index (χ1v) is 9.97. The van der Waals surface area contributed by atoms with Gasteiger partial charge in [0.05, 0.1) is 18.1 Å². The average Bonchev–Trinajstić information content (AvgIpc) is 2.79.